The third-order valence-corrected chi connectivity index (χ3v) is 8.61. The second kappa shape index (κ2) is 8.70. The van der Waals surface area contributed by atoms with E-state index in [1.165, 1.54) is 22.3 Å². The molecular formula is C28H30N2O5. The lowest BCUT2D eigenvalue weighted by Gasteiger charge is -2.40. The number of hydrogen-bond acceptors (Lipinski definition) is 4. The molecule has 0 spiro atoms. The molecule has 4 aliphatic carbocycles. The summed E-state index contributed by atoms with van der Waals surface area (Å²) in [4.78, 5) is 36.3. The van der Waals surface area contributed by atoms with Crippen molar-refractivity contribution in [2.24, 2.45) is 29.6 Å². The minimum atomic E-state index is -0.717. The summed E-state index contributed by atoms with van der Waals surface area (Å²) in [5.41, 5.74) is 4.74. The van der Waals surface area contributed by atoms with E-state index in [1.54, 1.807) is 0 Å². The highest BCUT2D eigenvalue weighted by Crippen LogP contribution is 2.50. The zero-order valence-electron chi connectivity index (χ0n) is 19.5. The summed E-state index contributed by atoms with van der Waals surface area (Å²) < 4.78 is 5.58. The van der Waals surface area contributed by atoms with Crippen LogP contribution in [-0.2, 0) is 14.3 Å². The van der Waals surface area contributed by atoms with Gasteiger partial charge >= 0.3 is 12.1 Å². The van der Waals surface area contributed by atoms with Crippen molar-refractivity contribution in [2.75, 3.05) is 13.2 Å². The summed E-state index contributed by atoms with van der Waals surface area (Å²) in [6, 6.07) is 16.6. The number of carboxylic acids is 1. The van der Waals surface area contributed by atoms with Crippen molar-refractivity contribution < 1.29 is 24.2 Å². The molecule has 0 aliphatic heterocycles. The van der Waals surface area contributed by atoms with Gasteiger partial charge in [-0.15, -0.1) is 0 Å². The van der Waals surface area contributed by atoms with E-state index in [0.717, 1.165) is 19.3 Å². The summed E-state index contributed by atoms with van der Waals surface area (Å²) >= 11 is 0. The number of carboxylic acid groups (broad SMARTS) is 1. The lowest BCUT2D eigenvalue weighted by atomic mass is 9.71. The van der Waals surface area contributed by atoms with Crippen molar-refractivity contribution in [1.29, 1.82) is 0 Å². The van der Waals surface area contributed by atoms with E-state index in [-0.39, 0.29) is 42.2 Å². The van der Waals surface area contributed by atoms with Crippen molar-refractivity contribution in [3.8, 4) is 11.1 Å². The summed E-state index contributed by atoms with van der Waals surface area (Å²) in [6.45, 7) is 0.697. The van der Waals surface area contributed by atoms with E-state index in [1.807, 2.05) is 24.3 Å². The predicted molar refractivity (Wildman–Crippen MR) is 129 cm³/mol. The first-order valence-corrected chi connectivity index (χ1v) is 12.6. The maximum Gasteiger partial charge on any atom is 0.407 e. The van der Waals surface area contributed by atoms with Crippen LogP contribution in [0.2, 0.25) is 0 Å². The van der Waals surface area contributed by atoms with Gasteiger partial charge in [0.25, 0.3) is 0 Å². The van der Waals surface area contributed by atoms with E-state index in [0.29, 0.717) is 24.8 Å². The smallest absolute Gasteiger partial charge is 0.407 e. The van der Waals surface area contributed by atoms with Crippen molar-refractivity contribution >= 4 is 18.0 Å². The molecule has 7 heteroatoms. The maximum atomic E-state index is 12.6. The Balaban J connectivity index is 0.950. The van der Waals surface area contributed by atoms with Gasteiger partial charge in [-0.3, -0.25) is 9.59 Å². The zero-order valence-corrected chi connectivity index (χ0v) is 19.5. The Bertz CT molecular complexity index is 1130. The van der Waals surface area contributed by atoms with Gasteiger partial charge < -0.3 is 20.5 Å². The quantitative estimate of drug-likeness (QED) is 0.567. The summed E-state index contributed by atoms with van der Waals surface area (Å²) in [5, 5.41) is 15.2. The van der Waals surface area contributed by atoms with Gasteiger partial charge in [0.05, 0.1) is 5.92 Å². The van der Waals surface area contributed by atoms with E-state index in [2.05, 4.69) is 34.9 Å². The molecule has 6 rings (SSSR count). The van der Waals surface area contributed by atoms with Gasteiger partial charge in [0.2, 0.25) is 5.91 Å². The van der Waals surface area contributed by atoms with Crippen molar-refractivity contribution in [3.05, 3.63) is 59.7 Å². The topological polar surface area (TPSA) is 105 Å². The SMILES string of the molecule is O=C(NC[C@@H]1C[C@@H]1C(=O)N[C@@H]1C[C@@H]2CC(C(=O)O)C[C@@H]21)OCC1c2ccccc2-c2ccccc21. The lowest BCUT2D eigenvalue weighted by Crippen LogP contribution is -2.51. The Morgan fingerprint density at radius 2 is 1.60 bits per heavy atom. The molecular weight excluding hydrogens is 444 g/mol. The summed E-state index contributed by atoms with van der Waals surface area (Å²) in [7, 11) is 0. The van der Waals surface area contributed by atoms with Gasteiger partial charge in [0.1, 0.15) is 6.61 Å². The molecule has 0 saturated heterocycles. The number of amides is 2. The molecule has 2 aromatic carbocycles. The summed E-state index contributed by atoms with van der Waals surface area (Å²) in [5.74, 6) is -0.140. The number of ether oxygens (including phenoxy) is 1. The highest BCUT2D eigenvalue weighted by molar-refractivity contribution is 5.82. The largest absolute Gasteiger partial charge is 0.481 e. The number of benzene rings is 2. The molecule has 1 unspecified atom stereocenters. The second-order valence-electron chi connectivity index (χ2n) is 10.6. The van der Waals surface area contributed by atoms with E-state index >= 15 is 0 Å². The second-order valence-corrected chi connectivity index (χ2v) is 10.6. The Hall–Kier alpha value is -3.35. The van der Waals surface area contributed by atoms with E-state index in [4.69, 9.17) is 4.74 Å². The number of alkyl carbamates (subject to hydrolysis) is 1. The molecule has 0 bridgehead atoms. The molecule has 6 atom stereocenters. The average Bonchev–Trinajstić information content (AvgIpc) is 3.46. The van der Waals surface area contributed by atoms with Crippen LogP contribution in [0.15, 0.2) is 48.5 Å². The number of aliphatic carboxylic acids is 1. The van der Waals surface area contributed by atoms with Crippen LogP contribution < -0.4 is 10.6 Å². The minimum absolute atomic E-state index is 0.0233. The Morgan fingerprint density at radius 1 is 0.914 bits per heavy atom. The van der Waals surface area contributed by atoms with Crippen molar-refractivity contribution in [1.82, 2.24) is 10.6 Å². The van der Waals surface area contributed by atoms with Gasteiger partial charge in [-0.2, -0.15) is 0 Å². The molecule has 0 heterocycles. The van der Waals surface area contributed by atoms with Gasteiger partial charge in [0.15, 0.2) is 0 Å². The Labute approximate surface area is 204 Å². The molecule has 3 saturated carbocycles. The van der Waals surface area contributed by atoms with Crippen molar-refractivity contribution in [3.63, 3.8) is 0 Å². The van der Waals surface area contributed by atoms with Crippen molar-refractivity contribution in [2.45, 2.75) is 37.6 Å². The zero-order chi connectivity index (χ0) is 24.1. The molecule has 4 aliphatic rings. The maximum absolute atomic E-state index is 12.6. The summed E-state index contributed by atoms with van der Waals surface area (Å²) in [6.07, 6.45) is 2.60. The van der Waals surface area contributed by atoms with Crippen LogP contribution in [0.25, 0.3) is 11.1 Å². The Kier molecular flexibility index (Phi) is 5.50. The average molecular weight is 475 g/mol. The highest BCUT2D eigenvalue weighted by Gasteiger charge is 2.51. The Morgan fingerprint density at radius 3 is 2.29 bits per heavy atom. The molecule has 3 fully saturated rings. The molecule has 3 N–H and O–H groups in total. The van der Waals surface area contributed by atoms with Crippen LogP contribution in [0.1, 0.15) is 42.7 Å². The van der Waals surface area contributed by atoms with Crippen LogP contribution in [-0.4, -0.2) is 42.3 Å². The third-order valence-electron chi connectivity index (χ3n) is 8.61. The first-order valence-electron chi connectivity index (χ1n) is 12.6. The lowest BCUT2D eigenvalue weighted by molar-refractivity contribution is -0.141. The van der Waals surface area contributed by atoms with Gasteiger partial charge in [-0.05, 0) is 65.7 Å². The minimum Gasteiger partial charge on any atom is -0.481 e. The fourth-order valence-corrected chi connectivity index (χ4v) is 6.54. The monoisotopic (exact) mass is 474 g/mol. The number of rotatable bonds is 7. The molecule has 35 heavy (non-hydrogen) atoms. The third kappa shape index (κ3) is 4.07. The molecule has 182 valence electrons. The van der Waals surface area contributed by atoms with Crippen LogP contribution >= 0.6 is 0 Å². The number of hydrogen-bond donors (Lipinski definition) is 3. The predicted octanol–water partition coefficient (Wildman–Crippen LogP) is 3.78. The molecule has 0 radical (unpaired) electrons. The fraction of sp³-hybridized carbons (Fsp3) is 0.464. The first-order chi connectivity index (χ1) is 17.0. The van der Waals surface area contributed by atoms with Crippen LogP contribution in [0, 0.1) is 29.6 Å². The number of carbonyl (C=O) groups is 3. The van der Waals surface area contributed by atoms with Gasteiger partial charge in [0, 0.05) is 24.4 Å². The van der Waals surface area contributed by atoms with Gasteiger partial charge in [-0.25, -0.2) is 4.79 Å². The van der Waals surface area contributed by atoms with E-state index < -0.39 is 12.1 Å². The van der Waals surface area contributed by atoms with Gasteiger partial charge in [-0.1, -0.05) is 48.5 Å². The number of carbonyl (C=O) groups excluding carboxylic acids is 2. The number of fused-ring (bicyclic) bond motifs is 4. The first kappa shape index (κ1) is 22.1. The standard InChI is InChI=1S/C28H30N2O5/c31-26(30-25-12-15-9-16(27(32)33)10-22(15)25)23-11-17(23)13-29-28(34)35-14-24-20-7-3-1-5-18(20)19-6-2-4-8-21(19)24/h1-8,15-17,22-25H,9-14H2,(H,29,34)(H,30,31)(H,32,33)/t15-,16?,17-,22-,23-,25+/m0/s1. The van der Waals surface area contributed by atoms with Crippen LogP contribution in [0.3, 0.4) is 0 Å². The molecule has 2 aromatic rings. The molecule has 0 aromatic heterocycles. The fourth-order valence-electron chi connectivity index (χ4n) is 6.54. The number of nitrogens with one attached hydrogen (secondary N) is 2. The normalized spacial score (nSPS) is 29.8. The van der Waals surface area contributed by atoms with Crippen LogP contribution in [0.5, 0.6) is 0 Å². The van der Waals surface area contributed by atoms with E-state index in [9.17, 15) is 19.5 Å². The van der Waals surface area contributed by atoms with Crippen LogP contribution in [0.4, 0.5) is 4.79 Å². The highest BCUT2D eigenvalue weighted by atomic mass is 16.5. The molecule has 2 amide bonds. The molecule has 7 nitrogen and oxygen atoms in total.